The Labute approximate surface area is 263 Å². The summed E-state index contributed by atoms with van der Waals surface area (Å²) in [4.78, 5) is 5.02. The van der Waals surface area contributed by atoms with Gasteiger partial charge in [-0.25, -0.2) is 4.39 Å². The second kappa shape index (κ2) is 12.4. The lowest BCUT2D eigenvalue weighted by Gasteiger charge is -2.33. The van der Waals surface area contributed by atoms with Crippen LogP contribution >= 0.6 is 0 Å². The van der Waals surface area contributed by atoms with E-state index in [0.29, 0.717) is 29.2 Å². The third kappa shape index (κ3) is 6.07. The molecule has 1 heterocycles. The molecule has 4 aromatic carbocycles. The molecule has 5 aromatic rings. The fourth-order valence-electron chi connectivity index (χ4n) is 5.78. The summed E-state index contributed by atoms with van der Waals surface area (Å²) in [6, 6.07) is 29.3. The van der Waals surface area contributed by atoms with Crippen LogP contribution in [0.5, 0.6) is 0 Å². The number of halogens is 7. The van der Waals surface area contributed by atoms with Crippen molar-refractivity contribution < 1.29 is 30.7 Å². The topological polar surface area (TPSA) is 24.9 Å². The molecule has 0 spiro atoms. The fourth-order valence-corrected chi connectivity index (χ4v) is 5.78. The van der Waals surface area contributed by atoms with Crippen LogP contribution in [0.15, 0.2) is 103 Å². The number of alkyl halides is 7. The van der Waals surface area contributed by atoms with Crippen molar-refractivity contribution in [2.24, 2.45) is 0 Å². The van der Waals surface area contributed by atoms with Crippen molar-refractivity contribution in [2.75, 3.05) is 5.32 Å². The zero-order valence-corrected chi connectivity index (χ0v) is 25.6. The van der Waals surface area contributed by atoms with E-state index in [2.05, 4.69) is 5.32 Å². The predicted molar refractivity (Wildman–Crippen MR) is 169 cm³/mol. The zero-order valence-electron chi connectivity index (χ0n) is 25.6. The van der Waals surface area contributed by atoms with E-state index in [-0.39, 0.29) is 11.1 Å². The molecule has 0 amide bonds. The Kier molecular flexibility index (Phi) is 8.90. The van der Waals surface area contributed by atoms with Gasteiger partial charge in [-0.2, -0.15) is 26.3 Å². The van der Waals surface area contributed by atoms with Crippen molar-refractivity contribution in [3.05, 3.63) is 131 Å². The molecular weight excluding hydrogens is 605 g/mol. The molecule has 0 aliphatic carbocycles. The van der Waals surface area contributed by atoms with Gasteiger partial charge in [0.15, 0.2) is 0 Å². The maximum Gasteiger partial charge on any atom is 0.435 e. The number of hydrogen-bond donors (Lipinski definition) is 1. The van der Waals surface area contributed by atoms with Gasteiger partial charge in [-0.05, 0) is 63.6 Å². The van der Waals surface area contributed by atoms with Gasteiger partial charge in [0.25, 0.3) is 0 Å². The number of nitrogens with zero attached hydrogens (tertiary/aromatic N) is 1. The molecule has 240 valence electrons. The van der Waals surface area contributed by atoms with Crippen LogP contribution in [-0.4, -0.2) is 17.3 Å². The summed E-state index contributed by atoms with van der Waals surface area (Å²) in [7, 11) is 0. The van der Waals surface area contributed by atoms with Gasteiger partial charge >= 0.3 is 18.0 Å². The summed E-state index contributed by atoms with van der Waals surface area (Å²) >= 11 is 0. The minimum absolute atomic E-state index is 0.128. The number of pyridine rings is 1. The van der Waals surface area contributed by atoms with Crippen LogP contribution in [0, 0.1) is 0 Å². The molecule has 0 bridgehead atoms. The molecule has 9 heteroatoms. The highest BCUT2D eigenvalue weighted by atomic mass is 19.4. The Bertz CT molecular complexity index is 1780. The van der Waals surface area contributed by atoms with Crippen LogP contribution in [0.2, 0.25) is 0 Å². The normalized spacial score (nSPS) is 13.4. The van der Waals surface area contributed by atoms with Crippen LogP contribution in [0.25, 0.3) is 22.0 Å². The minimum Gasteiger partial charge on any atom is -0.372 e. The van der Waals surface area contributed by atoms with Crippen LogP contribution < -0.4 is 5.32 Å². The van der Waals surface area contributed by atoms with Crippen LogP contribution in [0.1, 0.15) is 73.5 Å². The number of aromatic nitrogens is 1. The maximum absolute atomic E-state index is 15.4. The summed E-state index contributed by atoms with van der Waals surface area (Å²) in [5.74, 6) is -1.12. The van der Waals surface area contributed by atoms with Crippen molar-refractivity contribution in [1.82, 2.24) is 4.98 Å². The number of hydrogen-bond acceptors (Lipinski definition) is 2. The average molecular weight is 639 g/mol. The molecule has 0 fully saturated rings. The molecule has 1 N–H and O–H groups in total. The smallest absolute Gasteiger partial charge is 0.372 e. The lowest BCUT2D eigenvalue weighted by molar-refractivity contribution is -0.348. The maximum atomic E-state index is 15.4. The Hall–Kier alpha value is -4.40. The lowest BCUT2D eigenvalue weighted by atomic mass is 9.84. The van der Waals surface area contributed by atoms with E-state index >= 15 is 4.39 Å². The summed E-state index contributed by atoms with van der Waals surface area (Å²) in [5.41, 5.74) is -3.49. The highest BCUT2D eigenvalue weighted by molar-refractivity contribution is 5.95. The molecular formula is C37H33F7N2. The van der Waals surface area contributed by atoms with Gasteiger partial charge in [0.1, 0.15) is 0 Å². The van der Waals surface area contributed by atoms with Gasteiger partial charge in [-0.1, -0.05) is 107 Å². The molecule has 1 aromatic heterocycles. The Morgan fingerprint density at radius 2 is 1.15 bits per heavy atom. The van der Waals surface area contributed by atoms with Crippen LogP contribution in [-0.2, 0) is 5.67 Å². The second-order valence-corrected chi connectivity index (χ2v) is 12.0. The Morgan fingerprint density at radius 1 is 0.609 bits per heavy atom. The van der Waals surface area contributed by atoms with Crippen molar-refractivity contribution in [3.8, 4) is 11.3 Å². The van der Waals surface area contributed by atoms with Gasteiger partial charge in [-0.15, -0.1) is 0 Å². The van der Waals surface area contributed by atoms with E-state index < -0.39 is 41.5 Å². The monoisotopic (exact) mass is 638 g/mol. The van der Waals surface area contributed by atoms with Crippen LogP contribution in [0.3, 0.4) is 0 Å². The Morgan fingerprint density at radius 3 is 1.74 bits per heavy atom. The number of nitrogens with one attached hydrogen (secondary N) is 1. The largest absolute Gasteiger partial charge is 0.435 e. The van der Waals surface area contributed by atoms with E-state index in [1.807, 2.05) is 91.0 Å². The predicted octanol–water partition coefficient (Wildman–Crippen LogP) is 11.6. The molecule has 46 heavy (non-hydrogen) atoms. The second-order valence-electron chi connectivity index (χ2n) is 12.0. The average Bonchev–Trinajstić information content (AvgIpc) is 3.02. The third-order valence-electron chi connectivity index (χ3n) is 8.18. The first-order valence-electron chi connectivity index (χ1n) is 14.9. The highest BCUT2D eigenvalue weighted by Gasteiger charge is 2.73. The Balaban J connectivity index is 1.71. The first kappa shape index (κ1) is 33.0. The highest BCUT2D eigenvalue weighted by Crippen LogP contribution is 2.54. The van der Waals surface area contributed by atoms with Crippen molar-refractivity contribution >= 4 is 16.5 Å². The molecule has 0 radical (unpaired) electrons. The quantitative estimate of drug-likeness (QED) is 0.171. The van der Waals surface area contributed by atoms with E-state index in [4.69, 9.17) is 4.98 Å². The number of benzene rings is 4. The minimum atomic E-state index is -6.22. The number of fused-ring (bicyclic) bond motifs is 1. The standard InChI is InChI=1S/C37H33F7N2/c1-22(2)29-20-26(35(38,36(39,40)41)37(42,43)44)21-30(23(3)4)34(29)46-33(25-13-6-5-7-14-25)32-19-11-18-31(45-32)28-17-10-15-24-12-8-9-16-27(24)28/h5-23,33,46H,1-4H3. The summed E-state index contributed by atoms with van der Waals surface area (Å²) in [5, 5.41) is 5.48. The van der Waals surface area contributed by atoms with Crippen molar-refractivity contribution in [2.45, 2.75) is 63.6 Å². The molecule has 0 saturated heterocycles. The van der Waals surface area contributed by atoms with Crippen molar-refractivity contribution in [3.63, 3.8) is 0 Å². The van der Waals surface area contributed by atoms with Crippen molar-refractivity contribution in [1.29, 1.82) is 0 Å². The van der Waals surface area contributed by atoms with E-state index in [1.165, 1.54) is 0 Å². The first-order chi connectivity index (χ1) is 21.6. The third-order valence-corrected chi connectivity index (χ3v) is 8.18. The molecule has 1 unspecified atom stereocenters. The van der Waals surface area contributed by atoms with Gasteiger partial charge < -0.3 is 5.32 Å². The first-order valence-corrected chi connectivity index (χ1v) is 14.9. The zero-order chi connectivity index (χ0) is 33.4. The molecule has 0 aliphatic heterocycles. The van der Waals surface area contributed by atoms with Gasteiger partial charge in [0, 0.05) is 16.8 Å². The molecule has 2 nitrogen and oxygen atoms in total. The molecule has 1 atom stereocenters. The van der Waals surface area contributed by atoms with E-state index in [9.17, 15) is 26.3 Å². The number of anilines is 1. The summed E-state index contributed by atoms with van der Waals surface area (Å²) in [6.45, 7) is 6.58. The molecule has 0 aliphatic rings. The molecule has 0 saturated carbocycles. The lowest BCUT2D eigenvalue weighted by Crippen LogP contribution is -2.50. The summed E-state index contributed by atoms with van der Waals surface area (Å²) < 4.78 is 98.6. The fraction of sp³-hybridized carbons (Fsp3) is 0.270. The van der Waals surface area contributed by atoms with Gasteiger partial charge in [0.2, 0.25) is 0 Å². The molecule has 5 rings (SSSR count). The van der Waals surface area contributed by atoms with Gasteiger partial charge in [-0.3, -0.25) is 4.98 Å². The number of rotatable bonds is 8. The van der Waals surface area contributed by atoms with E-state index in [1.54, 1.807) is 27.7 Å². The SMILES string of the molecule is CC(C)c1cc(C(F)(C(F)(F)F)C(F)(F)F)cc(C(C)C)c1NC(c1ccccc1)c1cccc(-c2cccc3ccccc23)n1. The summed E-state index contributed by atoms with van der Waals surface area (Å²) in [6.07, 6.45) is -12.4. The van der Waals surface area contributed by atoms with Crippen LogP contribution in [0.4, 0.5) is 36.4 Å². The van der Waals surface area contributed by atoms with Gasteiger partial charge in [0.05, 0.1) is 17.4 Å². The van der Waals surface area contributed by atoms with E-state index in [0.717, 1.165) is 21.9 Å².